The summed E-state index contributed by atoms with van der Waals surface area (Å²) in [6.07, 6.45) is -1.35. The SMILES string of the molecule is O=C(O)NCC(=O)N1CC(F)(F)C1. The first kappa shape index (κ1) is 9.69. The predicted molar refractivity (Wildman–Crippen MR) is 37.6 cm³/mol. The van der Waals surface area contributed by atoms with Gasteiger partial charge in [0.15, 0.2) is 0 Å². The van der Waals surface area contributed by atoms with Crippen molar-refractivity contribution in [3.8, 4) is 0 Å². The summed E-state index contributed by atoms with van der Waals surface area (Å²) in [5.41, 5.74) is 0. The van der Waals surface area contributed by atoms with Gasteiger partial charge in [-0.15, -0.1) is 0 Å². The maximum atomic E-state index is 12.2. The zero-order chi connectivity index (χ0) is 10.1. The van der Waals surface area contributed by atoms with Crippen molar-refractivity contribution in [2.75, 3.05) is 19.6 Å². The molecule has 0 bridgehead atoms. The maximum absolute atomic E-state index is 12.2. The third-order valence-corrected chi connectivity index (χ3v) is 1.59. The molecule has 0 saturated carbocycles. The molecule has 5 nitrogen and oxygen atoms in total. The van der Waals surface area contributed by atoms with Gasteiger partial charge in [-0.05, 0) is 0 Å². The van der Waals surface area contributed by atoms with E-state index in [1.165, 1.54) is 0 Å². The summed E-state index contributed by atoms with van der Waals surface area (Å²) in [7, 11) is 0. The Morgan fingerprint density at radius 2 is 2.00 bits per heavy atom. The van der Waals surface area contributed by atoms with Crippen LogP contribution in [0.5, 0.6) is 0 Å². The van der Waals surface area contributed by atoms with E-state index in [1.54, 1.807) is 5.32 Å². The Hall–Kier alpha value is -1.40. The Morgan fingerprint density at radius 3 is 2.38 bits per heavy atom. The number of carbonyl (C=O) groups is 2. The van der Waals surface area contributed by atoms with Gasteiger partial charge in [-0.25, -0.2) is 13.6 Å². The van der Waals surface area contributed by atoms with Gasteiger partial charge in [0.1, 0.15) is 6.54 Å². The van der Waals surface area contributed by atoms with E-state index in [1.807, 2.05) is 0 Å². The lowest BCUT2D eigenvalue weighted by molar-refractivity contribution is -0.164. The maximum Gasteiger partial charge on any atom is 0.405 e. The molecule has 0 radical (unpaired) electrons. The number of carbonyl (C=O) groups excluding carboxylic acids is 1. The van der Waals surface area contributed by atoms with Crippen LogP contribution in [0.15, 0.2) is 0 Å². The molecule has 0 aliphatic carbocycles. The van der Waals surface area contributed by atoms with Crippen molar-refractivity contribution in [2.24, 2.45) is 0 Å². The predicted octanol–water partition coefficient (Wildman–Crippen LogP) is -0.269. The second-order valence-corrected chi connectivity index (χ2v) is 2.76. The lowest BCUT2D eigenvalue weighted by Gasteiger charge is -2.38. The minimum atomic E-state index is -2.81. The quantitative estimate of drug-likeness (QED) is 0.635. The lowest BCUT2D eigenvalue weighted by Crippen LogP contribution is -2.60. The van der Waals surface area contributed by atoms with Crippen LogP contribution in [0.4, 0.5) is 13.6 Å². The largest absolute Gasteiger partial charge is 0.465 e. The summed E-state index contributed by atoms with van der Waals surface area (Å²) in [4.78, 5) is 21.7. The van der Waals surface area contributed by atoms with Gasteiger partial charge in [-0.2, -0.15) is 0 Å². The molecule has 0 aromatic heterocycles. The highest BCUT2D eigenvalue weighted by molar-refractivity contribution is 5.82. The average molecular weight is 194 g/mol. The van der Waals surface area contributed by atoms with Gasteiger partial charge in [0.05, 0.1) is 13.1 Å². The second-order valence-electron chi connectivity index (χ2n) is 2.76. The van der Waals surface area contributed by atoms with E-state index in [4.69, 9.17) is 5.11 Å². The number of halogens is 2. The molecule has 0 unspecified atom stereocenters. The molecule has 1 fully saturated rings. The Morgan fingerprint density at radius 1 is 1.46 bits per heavy atom. The van der Waals surface area contributed by atoms with Gasteiger partial charge in [-0.1, -0.05) is 0 Å². The van der Waals surface area contributed by atoms with Gasteiger partial charge >= 0.3 is 6.09 Å². The van der Waals surface area contributed by atoms with Crippen molar-refractivity contribution < 1.29 is 23.5 Å². The fraction of sp³-hybridized carbons (Fsp3) is 0.667. The Kier molecular flexibility index (Phi) is 2.35. The van der Waals surface area contributed by atoms with Gasteiger partial charge < -0.3 is 15.3 Å². The van der Waals surface area contributed by atoms with Crippen LogP contribution in [0.25, 0.3) is 0 Å². The molecule has 7 heteroatoms. The number of nitrogens with one attached hydrogen (secondary N) is 1. The topological polar surface area (TPSA) is 69.6 Å². The molecule has 74 valence electrons. The minimum Gasteiger partial charge on any atom is -0.465 e. The Labute approximate surface area is 72.3 Å². The van der Waals surface area contributed by atoms with Crippen molar-refractivity contribution >= 4 is 12.0 Å². The molecule has 1 heterocycles. The number of rotatable bonds is 2. The number of nitrogens with zero attached hydrogens (tertiary/aromatic N) is 1. The Bertz CT molecular complexity index is 236. The van der Waals surface area contributed by atoms with E-state index >= 15 is 0 Å². The third-order valence-electron chi connectivity index (χ3n) is 1.59. The third kappa shape index (κ3) is 2.53. The minimum absolute atomic E-state index is 0.453. The van der Waals surface area contributed by atoms with Crippen molar-refractivity contribution in [3.05, 3.63) is 0 Å². The van der Waals surface area contributed by atoms with E-state index in [2.05, 4.69) is 0 Å². The van der Waals surface area contributed by atoms with Crippen LogP contribution in [0.2, 0.25) is 0 Å². The van der Waals surface area contributed by atoms with Gasteiger partial charge in [0, 0.05) is 0 Å². The number of alkyl halides is 2. The van der Waals surface area contributed by atoms with Crippen molar-refractivity contribution in [1.82, 2.24) is 10.2 Å². The number of carboxylic acid groups (broad SMARTS) is 1. The lowest BCUT2D eigenvalue weighted by atomic mass is 10.1. The van der Waals surface area contributed by atoms with Crippen LogP contribution >= 0.6 is 0 Å². The van der Waals surface area contributed by atoms with Gasteiger partial charge in [0.25, 0.3) is 5.92 Å². The molecule has 13 heavy (non-hydrogen) atoms. The van der Waals surface area contributed by atoms with Crippen LogP contribution in [0.1, 0.15) is 0 Å². The summed E-state index contributed by atoms with van der Waals surface area (Å²) in [5, 5.41) is 9.91. The molecular formula is C6H8F2N2O3. The molecule has 2 amide bonds. The van der Waals surface area contributed by atoms with Crippen molar-refractivity contribution in [2.45, 2.75) is 5.92 Å². The highest BCUT2D eigenvalue weighted by atomic mass is 19.3. The van der Waals surface area contributed by atoms with Crippen LogP contribution in [0.3, 0.4) is 0 Å². The molecule has 2 N–H and O–H groups in total. The first-order valence-corrected chi connectivity index (χ1v) is 3.53. The van der Waals surface area contributed by atoms with E-state index < -0.39 is 37.6 Å². The molecule has 0 aromatic carbocycles. The summed E-state index contributed by atoms with van der Waals surface area (Å²) < 4.78 is 24.4. The number of likely N-dealkylation sites (tertiary alicyclic amines) is 1. The van der Waals surface area contributed by atoms with Crippen LogP contribution in [-0.2, 0) is 4.79 Å². The molecule has 1 aliphatic rings. The zero-order valence-electron chi connectivity index (χ0n) is 6.59. The van der Waals surface area contributed by atoms with Crippen LogP contribution in [0, 0.1) is 0 Å². The molecule has 1 aliphatic heterocycles. The standard InChI is InChI=1S/C6H8F2N2O3/c7-6(8)2-10(3-6)4(11)1-9-5(12)13/h9H,1-3H2,(H,12,13). The van der Waals surface area contributed by atoms with E-state index in [0.29, 0.717) is 0 Å². The first-order valence-electron chi connectivity index (χ1n) is 3.53. The highest BCUT2D eigenvalue weighted by Gasteiger charge is 2.45. The molecular weight excluding hydrogens is 186 g/mol. The van der Waals surface area contributed by atoms with Crippen LogP contribution < -0.4 is 5.32 Å². The molecule has 0 aromatic rings. The van der Waals surface area contributed by atoms with Gasteiger partial charge in [-0.3, -0.25) is 4.79 Å². The van der Waals surface area contributed by atoms with E-state index in [-0.39, 0.29) is 0 Å². The summed E-state index contributed by atoms with van der Waals surface area (Å²) in [6, 6.07) is 0. The van der Waals surface area contributed by atoms with Crippen LogP contribution in [-0.4, -0.2) is 47.6 Å². The summed E-state index contributed by atoms with van der Waals surface area (Å²) in [6.45, 7) is -1.69. The zero-order valence-corrected chi connectivity index (χ0v) is 6.59. The molecule has 1 rings (SSSR count). The highest BCUT2D eigenvalue weighted by Crippen LogP contribution is 2.26. The van der Waals surface area contributed by atoms with Crippen molar-refractivity contribution in [3.63, 3.8) is 0 Å². The molecule has 0 atom stereocenters. The number of hydrogen-bond donors (Lipinski definition) is 2. The fourth-order valence-electron chi connectivity index (χ4n) is 0.952. The van der Waals surface area contributed by atoms with Gasteiger partial charge in [0.2, 0.25) is 5.91 Å². The van der Waals surface area contributed by atoms with E-state index in [9.17, 15) is 18.4 Å². The molecule has 1 saturated heterocycles. The normalized spacial score (nSPS) is 19.1. The summed E-state index contributed by atoms with van der Waals surface area (Å²) in [5.74, 6) is -3.44. The monoisotopic (exact) mass is 194 g/mol. The second kappa shape index (κ2) is 3.15. The smallest absolute Gasteiger partial charge is 0.405 e. The number of amides is 2. The number of hydrogen-bond acceptors (Lipinski definition) is 2. The first-order chi connectivity index (χ1) is 5.91. The summed E-state index contributed by atoms with van der Waals surface area (Å²) >= 11 is 0. The average Bonchev–Trinajstić information content (AvgIpc) is 1.95. The Balaban J connectivity index is 2.23. The fourth-order valence-corrected chi connectivity index (χ4v) is 0.952. The van der Waals surface area contributed by atoms with Crippen molar-refractivity contribution in [1.29, 1.82) is 0 Å². The molecule has 0 spiro atoms. The van der Waals surface area contributed by atoms with E-state index in [0.717, 1.165) is 4.90 Å².